The van der Waals surface area contributed by atoms with Gasteiger partial charge in [-0.25, -0.2) is 9.97 Å². The number of benzene rings is 1. The van der Waals surface area contributed by atoms with E-state index in [1.54, 1.807) is 18.6 Å². The highest BCUT2D eigenvalue weighted by Gasteiger charge is 2.26. The lowest BCUT2D eigenvalue weighted by Crippen LogP contribution is -2.43. The van der Waals surface area contributed by atoms with Gasteiger partial charge in [-0.05, 0) is 31.4 Å². The van der Waals surface area contributed by atoms with E-state index in [1.165, 1.54) is 0 Å². The second-order valence-electron chi connectivity index (χ2n) is 6.94. The van der Waals surface area contributed by atoms with Crippen molar-refractivity contribution in [3.05, 3.63) is 48.7 Å². The predicted octanol–water partition coefficient (Wildman–Crippen LogP) is 2.32. The molecule has 1 amide bonds. The number of para-hydroxylation sites is 2. The van der Waals surface area contributed by atoms with Gasteiger partial charge >= 0.3 is 0 Å². The average molecular weight is 364 g/mol. The number of aromatic nitrogens is 4. The van der Waals surface area contributed by atoms with Gasteiger partial charge < -0.3 is 15.2 Å². The van der Waals surface area contributed by atoms with E-state index in [4.69, 9.17) is 0 Å². The smallest absolute Gasteiger partial charge is 0.224 e. The molecule has 3 aromatic rings. The van der Waals surface area contributed by atoms with E-state index in [2.05, 4.69) is 30.2 Å². The van der Waals surface area contributed by atoms with Crippen LogP contribution < -0.4 is 10.2 Å². The number of carbonyl (C=O) groups is 1. The number of imidazole rings is 1. The summed E-state index contributed by atoms with van der Waals surface area (Å²) in [7, 11) is 0. The van der Waals surface area contributed by atoms with E-state index >= 15 is 0 Å². The second kappa shape index (κ2) is 8.16. The lowest BCUT2D eigenvalue weighted by Gasteiger charge is -2.32. The molecule has 1 saturated heterocycles. The molecule has 3 heterocycles. The van der Waals surface area contributed by atoms with Crippen molar-refractivity contribution in [1.29, 1.82) is 0 Å². The van der Waals surface area contributed by atoms with Crippen LogP contribution in [0.1, 0.15) is 25.1 Å². The van der Waals surface area contributed by atoms with E-state index in [0.717, 1.165) is 54.9 Å². The highest BCUT2D eigenvalue weighted by atomic mass is 16.1. The zero-order chi connectivity index (χ0) is 18.5. The summed E-state index contributed by atoms with van der Waals surface area (Å²) < 4.78 is 0. The van der Waals surface area contributed by atoms with Crippen LogP contribution >= 0.6 is 0 Å². The number of hydrogen-bond donors (Lipinski definition) is 2. The lowest BCUT2D eigenvalue weighted by atomic mass is 9.97. The molecule has 0 aliphatic carbocycles. The fourth-order valence-corrected chi connectivity index (χ4v) is 3.59. The van der Waals surface area contributed by atoms with Crippen LogP contribution in [0.15, 0.2) is 42.9 Å². The maximum absolute atomic E-state index is 12.5. The number of rotatable bonds is 6. The highest BCUT2D eigenvalue weighted by Crippen LogP contribution is 2.21. The van der Waals surface area contributed by atoms with Crippen LogP contribution in [0, 0.1) is 5.92 Å². The Labute approximate surface area is 158 Å². The van der Waals surface area contributed by atoms with E-state index < -0.39 is 0 Å². The van der Waals surface area contributed by atoms with Crippen molar-refractivity contribution in [3.8, 4) is 0 Å². The number of piperidine rings is 1. The number of aromatic amines is 1. The van der Waals surface area contributed by atoms with E-state index in [0.29, 0.717) is 13.1 Å². The standard InChI is InChI=1S/C20H24N6O/c27-20(15-5-4-12-26(14-15)19-13-21-10-11-22-19)23-9-3-8-18-24-16-6-1-2-7-17(16)25-18/h1-2,6-7,10-11,13,15H,3-5,8-9,12,14H2,(H,23,27)(H,24,25)/t15-/m0/s1. The third kappa shape index (κ3) is 4.24. The van der Waals surface area contributed by atoms with Gasteiger partial charge in [0.15, 0.2) is 0 Å². The van der Waals surface area contributed by atoms with Gasteiger partial charge in [-0.3, -0.25) is 9.78 Å². The van der Waals surface area contributed by atoms with Crippen molar-refractivity contribution in [1.82, 2.24) is 25.3 Å². The van der Waals surface area contributed by atoms with Gasteiger partial charge in [-0.2, -0.15) is 0 Å². The average Bonchev–Trinajstić information content (AvgIpc) is 3.15. The molecule has 7 nitrogen and oxygen atoms in total. The van der Waals surface area contributed by atoms with Crippen molar-refractivity contribution in [2.75, 3.05) is 24.5 Å². The minimum absolute atomic E-state index is 0.00644. The normalized spacial score (nSPS) is 17.2. The summed E-state index contributed by atoms with van der Waals surface area (Å²) in [5.41, 5.74) is 2.05. The molecule has 27 heavy (non-hydrogen) atoms. The summed E-state index contributed by atoms with van der Waals surface area (Å²) in [5.74, 6) is 1.96. The number of nitrogens with zero attached hydrogens (tertiary/aromatic N) is 4. The molecular weight excluding hydrogens is 340 g/mol. The van der Waals surface area contributed by atoms with E-state index in [-0.39, 0.29) is 11.8 Å². The molecule has 0 radical (unpaired) electrons. The number of fused-ring (bicyclic) bond motifs is 1. The Morgan fingerprint density at radius 3 is 3.07 bits per heavy atom. The van der Waals surface area contributed by atoms with Crippen molar-refractivity contribution in [3.63, 3.8) is 0 Å². The first-order valence-electron chi connectivity index (χ1n) is 9.52. The van der Waals surface area contributed by atoms with Gasteiger partial charge in [0, 0.05) is 38.4 Å². The molecule has 1 aliphatic heterocycles. The molecule has 140 valence electrons. The highest BCUT2D eigenvalue weighted by molar-refractivity contribution is 5.79. The summed E-state index contributed by atoms with van der Waals surface area (Å²) in [5, 5.41) is 3.09. The number of aryl methyl sites for hydroxylation is 1. The molecule has 7 heteroatoms. The van der Waals surface area contributed by atoms with Crippen LogP contribution in [0.5, 0.6) is 0 Å². The van der Waals surface area contributed by atoms with Gasteiger partial charge in [-0.15, -0.1) is 0 Å². The number of amides is 1. The molecule has 0 spiro atoms. The molecule has 4 rings (SSSR count). The summed E-state index contributed by atoms with van der Waals surface area (Å²) in [6, 6.07) is 8.02. The maximum atomic E-state index is 12.5. The zero-order valence-corrected chi connectivity index (χ0v) is 15.3. The summed E-state index contributed by atoms with van der Waals surface area (Å²) in [6.45, 7) is 2.29. The van der Waals surface area contributed by atoms with Crippen molar-refractivity contribution >= 4 is 22.8 Å². The number of hydrogen-bond acceptors (Lipinski definition) is 5. The van der Waals surface area contributed by atoms with Crippen LogP contribution in [0.4, 0.5) is 5.82 Å². The number of nitrogens with one attached hydrogen (secondary N) is 2. The van der Waals surface area contributed by atoms with Crippen molar-refractivity contribution < 1.29 is 4.79 Å². The maximum Gasteiger partial charge on any atom is 0.224 e. The fraction of sp³-hybridized carbons (Fsp3) is 0.400. The van der Waals surface area contributed by atoms with E-state index in [9.17, 15) is 4.79 Å². The third-order valence-electron chi connectivity index (χ3n) is 4.99. The fourth-order valence-electron chi connectivity index (χ4n) is 3.59. The Balaban J connectivity index is 1.24. The molecule has 1 aromatic carbocycles. The Bertz CT molecular complexity index is 861. The third-order valence-corrected chi connectivity index (χ3v) is 4.99. The SMILES string of the molecule is O=C(NCCCc1nc2ccccc2[nH]1)[C@H]1CCCN(c2cnccn2)C1. The first kappa shape index (κ1) is 17.5. The minimum atomic E-state index is 0.00644. The molecule has 2 aromatic heterocycles. The summed E-state index contributed by atoms with van der Waals surface area (Å²) in [4.78, 5) is 31.0. The van der Waals surface area contributed by atoms with Crippen LogP contribution in [-0.2, 0) is 11.2 Å². The predicted molar refractivity (Wildman–Crippen MR) is 104 cm³/mol. The number of carbonyl (C=O) groups excluding carboxylic acids is 1. The molecule has 1 fully saturated rings. The molecule has 1 aliphatic rings. The molecule has 0 unspecified atom stereocenters. The van der Waals surface area contributed by atoms with Gasteiger partial charge in [0.05, 0.1) is 23.1 Å². The molecule has 2 N–H and O–H groups in total. The van der Waals surface area contributed by atoms with Gasteiger partial charge in [-0.1, -0.05) is 12.1 Å². The van der Waals surface area contributed by atoms with Crippen LogP contribution in [0.25, 0.3) is 11.0 Å². The largest absolute Gasteiger partial charge is 0.356 e. The quantitative estimate of drug-likeness (QED) is 0.656. The van der Waals surface area contributed by atoms with Gasteiger partial charge in [0.2, 0.25) is 5.91 Å². The van der Waals surface area contributed by atoms with Gasteiger partial charge in [0.1, 0.15) is 11.6 Å². The Kier molecular flexibility index (Phi) is 5.27. The van der Waals surface area contributed by atoms with Crippen molar-refractivity contribution in [2.24, 2.45) is 5.92 Å². The van der Waals surface area contributed by atoms with Crippen LogP contribution in [0.3, 0.4) is 0 Å². The van der Waals surface area contributed by atoms with Crippen LogP contribution in [-0.4, -0.2) is 45.5 Å². The Morgan fingerprint density at radius 2 is 2.22 bits per heavy atom. The van der Waals surface area contributed by atoms with Crippen LogP contribution in [0.2, 0.25) is 0 Å². The molecule has 0 bridgehead atoms. The van der Waals surface area contributed by atoms with Crippen molar-refractivity contribution in [2.45, 2.75) is 25.7 Å². The first-order valence-corrected chi connectivity index (χ1v) is 9.52. The topological polar surface area (TPSA) is 86.8 Å². The molecule has 0 saturated carbocycles. The molecular formula is C20H24N6O. The Hall–Kier alpha value is -2.96. The molecule has 1 atom stereocenters. The second-order valence-corrected chi connectivity index (χ2v) is 6.94. The van der Waals surface area contributed by atoms with Gasteiger partial charge in [0.25, 0.3) is 0 Å². The zero-order valence-electron chi connectivity index (χ0n) is 15.3. The monoisotopic (exact) mass is 364 g/mol. The first-order chi connectivity index (χ1) is 13.3. The minimum Gasteiger partial charge on any atom is -0.356 e. The number of H-pyrrole nitrogens is 1. The Morgan fingerprint density at radius 1 is 1.30 bits per heavy atom. The van der Waals surface area contributed by atoms with E-state index in [1.807, 2.05) is 24.3 Å². The lowest BCUT2D eigenvalue weighted by molar-refractivity contribution is -0.125. The summed E-state index contributed by atoms with van der Waals surface area (Å²) in [6.07, 6.45) is 8.72. The summed E-state index contributed by atoms with van der Waals surface area (Å²) >= 11 is 0. The number of anilines is 1.